The van der Waals surface area contributed by atoms with Crippen LogP contribution in [0.4, 0.5) is 0 Å². The van der Waals surface area contributed by atoms with Gasteiger partial charge in [-0.2, -0.15) is 0 Å². The first kappa shape index (κ1) is 5.51. The minimum absolute atomic E-state index is 0.550. The topological polar surface area (TPSA) is 25.8 Å². The largest absolute Gasteiger partial charge is 0.240 e. The van der Waals surface area contributed by atoms with Crippen molar-refractivity contribution in [3.63, 3.8) is 0 Å². The molecule has 8 heavy (non-hydrogen) atoms. The second-order valence-corrected chi connectivity index (χ2v) is 1.43. The van der Waals surface area contributed by atoms with Gasteiger partial charge in [-0.1, -0.05) is 0 Å². The molecule has 0 amide bonds. The Morgan fingerprint density at radius 2 is 2.00 bits per heavy atom. The van der Waals surface area contributed by atoms with Crippen LogP contribution in [0.25, 0.3) is 0 Å². The van der Waals surface area contributed by atoms with Crippen LogP contribution in [0.5, 0.6) is 0 Å². The molecule has 1 aromatic rings. The Bertz CT molecular complexity index is 152. The predicted octanol–water partition coefficient (Wildman–Crippen LogP) is 1.23. The Balaban J connectivity index is 2.83. The van der Waals surface area contributed by atoms with Crippen LogP contribution >= 0.6 is 11.6 Å². The van der Waals surface area contributed by atoms with E-state index in [1.54, 1.807) is 18.5 Å². The van der Waals surface area contributed by atoms with Crippen molar-refractivity contribution in [3.05, 3.63) is 30.2 Å². The number of hydrogen-bond acceptors (Lipinski definition) is 2. The molecule has 0 saturated heterocycles. The molecule has 3 heteroatoms. The van der Waals surface area contributed by atoms with Gasteiger partial charge in [-0.25, -0.2) is 9.97 Å². The fourth-order valence-corrected chi connectivity index (χ4v) is 0.480. The van der Waals surface area contributed by atoms with Crippen molar-refractivity contribution in [2.75, 3.05) is 0 Å². The van der Waals surface area contributed by atoms with E-state index in [1.165, 1.54) is 5.88 Å². The second kappa shape index (κ2) is 2.62. The van der Waals surface area contributed by atoms with E-state index >= 15 is 0 Å². The Morgan fingerprint density at radius 3 is 2.38 bits per heavy atom. The summed E-state index contributed by atoms with van der Waals surface area (Å²) in [6, 6.07) is 1.74. The van der Waals surface area contributed by atoms with E-state index in [-0.39, 0.29) is 0 Å². The Labute approximate surface area is 52.5 Å². The van der Waals surface area contributed by atoms with Crippen LogP contribution in [-0.2, 0) is 0 Å². The first-order valence-corrected chi connectivity index (χ1v) is 2.57. The van der Waals surface area contributed by atoms with Crippen molar-refractivity contribution in [3.8, 4) is 0 Å². The molecule has 0 aliphatic rings. The van der Waals surface area contributed by atoms with Crippen LogP contribution in [0.2, 0.25) is 0 Å². The van der Waals surface area contributed by atoms with Crippen LogP contribution in [-0.4, -0.2) is 9.97 Å². The molecule has 0 unspecified atom stereocenters. The monoisotopic (exact) mass is 127 g/mol. The highest BCUT2D eigenvalue weighted by molar-refractivity contribution is 6.24. The summed E-state index contributed by atoms with van der Waals surface area (Å²) in [5.41, 5.74) is 0. The summed E-state index contributed by atoms with van der Waals surface area (Å²) in [5.74, 6) is 1.88. The van der Waals surface area contributed by atoms with Crippen molar-refractivity contribution < 1.29 is 0 Å². The third kappa shape index (κ3) is 1.17. The maximum atomic E-state index is 5.28. The molecule has 0 bridgehead atoms. The van der Waals surface area contributed by atoms with E-state index in [0.29, 0.717) is 5.82 Å². The van der Waals surface area contributed by atoms with Crippen LogP contribution in [0, 0.1) is 5.88 Å². The number of hydrogen-bond donors (Lipinski definition) is 0. The van der Waals surface area contributed by atoms with Gasteiger partial charge < -0.3 is 0 Å². The summed E-state index contributed by atoms with van der Waals surface area (Å²) < 4.78 is 0. The molecule has 1 aromatic heterocycles. The Morgan fingerprint density at radius 1 is 1.38 bits per heavy atom. The molecule has 1 heterocycles. The zero-order valence-electron chi connectivity index (χ0n) is 4.08. The highest BCUT2D eigenvalue weighted by Crippen LogP contribution is 1.93. The number of aromatic nitrogens is 2. The van der Waals surface area contributed by atoms with Crippen LogP contribution in [0.3, 0.4) is 0 Å². The smallest absolute Gasteiger partial charge is 0.148 e. The molecule has 0 aliphatic heterocycles. The highest BCUT2D eigenvalue weighted by atomic mass is 35.5. The van der Waals surface area contributed by atoms with Crippen LogP contribution < -0.4 is 0 Å². The third-order valence-corrected chi connectivity index (χ3v) is 0.879. The van der Waals surface area contributed by atoms with Crippen molar-refractivity contribution in [1.82, 2.24) is 9.97 Å². The molecule has 0 fully saturated rings. The normalized spacial score (nSPS) is 9.12. The standard InChI is InChI=1S/C5H4ClN2/c6-4-5-7-2-1-3-8-5/h1-4H. The molecule has 0 saturated carbocycles. The van der Waals surface area contributed by atoms with Crippen LogP contribution in [0.15, 0.2) is 18.5 Å². The van der Waals surface area contributed by atoms with Gasteiger partial charge in [0.1, 0.15) is 11.7 Å². The summed E-state index contributed by atoms with van der Waals surface area (Å²) in [4.78, 5) is 7.60. The zero-order chi connectivity index (χ0) is 5.82. The fourth-order valence-electron chi connectivity index (χ4n) is 0.367. The second-order valence-electron chi connectivity index (χ2n) is 1.22. The average Bonchev–Trinajstić information content (AvgIpc) is 1.90. The van der Waals surface area contributed by atoms with Gasteiger partial charge in [0, 0.05) is 12.4 Å². The average molecular weight is 128 g/mol. The Hall–Kier alpha value is -0.630. The van der Waals surface area contributed by atoms with Crippen molar-refractivity contribution in [2.24, 2.45) is 0 Å². The lowest BCUT2D eigenvalue weighted by Crippen LogP contribution is -1.84. The summed E-state index contributed by atoms with van der Waals surface area (Å²) in [5, 5.41) is 0. The van der Waals surface area contributed by atoms with Gasteiger partial charge in [-0.3, -0.25) is 0 Å². The molecule has 1 radical (unpaired) electrons. The number of rotatable bonds is 1. The molecule has 0 spiro atoms. The first-order valence-electron chi connectivity index (χ1n) is 2.14. The predicted molar refractivity (Wildman–Crippen MR) is 31.3 cm³/mol. The molecule has 0 atom stereocenters. The van der Waals surface area contributed by atoms with Gasteiger partial charge in [0.2, 0.25) is 0 Å². The molecular weight excluding hydrogens is 124 g/mol. The molecular formula is C5H4ClN2. The highest BCUT2D eigenvalue weighted by Gasteiger charge is 1.86. The summed E-state index contributed by atoms with van der Waals surface area (Å²) in [7, 11) is 0. The van der Waals surface area contributed by atoms with Gasteiger partial charge in [-0.15, -0.1) is 11.6 Å². The van der Waals surface area contributed by atoms with Gasteiger partial charge in [0.15, 0.2) is 0 Å². The van der Waals surface area contributed by atoms with E-state index in [0.717, 1.165) is 0 Å². The minimum Gasteiger partial charge on any atom is -0.240 e. The van der Waals surface area contributed by atoms with Gasteiger partial charge in [-0.05, 0) is 6.07 Å². The molecule has 1 rings (SSSR count). The zero-order valence-corrected chi connectivity index (χ0v) is 4.84. The van der Waals surface area contributed by atoms with Gasteiger partial charge in [0.05, 0.1) is 0 Å². The summed E-state index contributed by atoms with van der Waals surface area (Å²) >= 11 is 5.28. The maximum Gasteiger partial charge on any atom is 0.148 e. The van der Waals surface area contributed by atoms with Crippen molar-refractivity contribution in [1.29, 1.82) is 0 Å². The van der Waals surface area contributed by atoms with E-state index in [1.807, 2.05) is 0 Å². The van der Waals surface area contributed by atoms with Gasteiger partial charge in [0.25, 0.3) is 0 Å². The third-order valence-electron chi connectivity index (χ3n) is 0.683. The number of nitrogens with zero attached hydrogens (tertiary/aromatic N) is 2. The quantitative estimate of drug-likeness (QED) is 0.567. The van der Waals surface area contributed by atoms with Gasteiger partial charge >= 0.3 is 0 Å². The van der Waals surface area contributed by atoms with E-state index in [9.17, 15) is 0 Å². The molecule has 41 valence electrons. The lowest BCUT2D eigenvalue weighted by molar-refractivity contribution is 1.10. The molecule has 0 aliphatic carbocycles. The summed E-state index contributed by atoms with van der Waals surface area (Å²) in [6.07, 6.45) is 3.28. The fraction of sp³-hybridized carbons (Fsp3) is 0. The lowest BCUT2D eigenvalue weighted by atomic mass is 10.6. The van der Waals surface area contributed by atoms with Crippen molar-refractivity contribution >= 4 is 11.6 Å². The summed E-state index contributed by atoms with van der Waals surface area (Å²) in [6.45, 7) is 0. The van der Waals surface area contributed by atoms with Crippen LogP contribution in [0.1, 0.15) is 5.82 Å². The lowest BCUT2D eigenvalue weighted by Gasteiger charge is -1.85. The molecule has 0 N–H and O–H groups in total. The van der Waals surface area contributed by atoms with E-state index in [2.05, 4.69) is 9.97 Å². The Kier molecular flexibility index (Phi) is 1.80. The molecule has 0 aromatic carbocycles. The minimum atomic E-state index is 0.550. The SMILES string of the molecule is Cl[CH]c1ncccn1. The van der Waals surface area contributed by atoms with Crippen molar-refractivity contribution in [2.45, 2.75) is 0 Å². The first-order chi connectivity index (χ1) is 3.93. The maximum absolute atomic E-state index is 5.28. The van der Waals surface area contributed by atoms with E-state index < -0.39 is 0 Å². The number of halogens is 1. The molecule has 2 nitrogen and oxygen atoms in total. The van der Waals surface area contributed by atoms with E-state index in [4.69, 9.17) is 11.6 Å².